The van der Waals surface area contributed by atoms with Crippen LogP contribution in [-0.2, 0) is 0 Å². The minimum absolute atomic E-state index is 0.0832. The van der Waals surface area contributed by atoms with Crippen molar-refractivity contribution in [3.63, 3.8) is 0 Å². The zero-order valence-corrected chi connectivity index (χ0v) is 14.1. The third kappa shape index (κ3) is 4.08. The number of benzene rings is 3. The van der Waals surface area contributed by atoms with Crippen LogP contribution < -0.4 is 10.2 Å². The van der Waals surface area contributed by atoms with Crippen molar-refractivity contribution >= 4 is 22.9 Å². The van der Waals surface area contributed by atoms with E-state index >= 15 is 0 Å². The predicted octanol–water partition coefficient (Wildman–Crippen LogP) is 3.87. The van der Waals surface area contributed by atoms with Gasteiger partial charge in [-0.1, -0.05) is 36.9 Å². The highest BCUT2D eigenvalue weighted by Crippen LogP contribution is 2.24. The number of hydrogen-bond donors (Lipinski definition) is 2. The predicted molar refractivity (Wildman–Crippen MR) is 103 cm³/mol. The van der Waals surface area contributed by atoms with Crippen molar-refractivity contribution in [2.45, 2.75) is 0 Å². The number of hydrogen-bond acceptors (Lipinski definition) is 4. The number of phenols is 1. The number of rotatable bonds is 6. The maximum absolute atomic E-state index is 12.3. The molecule has 0 spiro atoms. The fourth-order valence-corrected chi connectivity index (χ4v) is 2.44. The number of nitrogens with one attached hydrogen (secondary N) is 1. The van der Waals surface area contributed by atoms with E-state index in [1.807, 2.05) is 48.5 Å². The van der Waals surface area contributed by atoms with E-state index in [1.54, 1.807) is 18.2 Å². The Hall–Kier alpha value is -3.60. The Morgan fingerprint density at radius 2 is 1.81 bits per heavy atom. The maximum Gasteiger partial charge on any atom is 0.275 e. The normalized spacial score (nSPS) is 10.8. The Bertz CT molecular complexity index is 963. The summed E-state index contributed by atoms with van der Waals surface area (Å²) in [7, 11) is 0. The van der Waals surface area contributed by atoms with Crippen LogP contribution in [0, 0.1) is 0 Å². The van der Waals surface area contributed by atoms with Crippen molar-refractivity contribution in [2.24, 2.45) is 5.10 Å². The summed E-state index contributed by atoms with van der Waals surface area (Å²) in [5, 5.41) is 15.7. The van der Waals surface area contributed by atoms with Crippen LogP contribution >= 0.6 is 0 Å². The van der Waals surface area contributed by atoms with Gasteiger partial charge in [-0.15, -0.1) is 0 Å². The standard InChI is InChI=1S/C21H18N2O3/c1-2-11-26-18-9-7-15(8-10-18)14-22-23-21(25)19-12-16-5-3-4-6-17(16)13-20(19)24/h2-10,12-14,24H,1,11H2,(H,23,25)/b22-14+. The molecule has 0 aliphatic carbocycles. The first-order valence-corrected chi connectivity index (χ1v) is 8.06. The first-order chi connectivity index (χ1) is 12.7. The number of amides is 1. The summed E-state index contributed by atoms with van der Waals surface area (Å²) in [6, 6.07) is 18.0. The number of ether oxygens (including phenoxy) is 1. The quantitative estimate of drug-likeness (QED) is 0.404. The molecule has 0 bridgehead atoms. The number of nitrogens with zero attached hydrogens (tertiary/aromatic N) is 1. The number of hydrazone groups is 1. The van der Waals surface area contributed by atoms with Crippen molar-refractivity contribution in [3.05, 3.63) is 84.4 Å². The molecule has 0 saturated heterocycles. The molecule has 0 aliphatic rings. The molecule has 0 radical (unpaired) electrons. The molecule has 0 fully saturated rings. The Labute approximate surface area is 151 Å². The maximum atomic E-state index is 12.3. The van der Waals surface area contributed by atoms with Crippen LogP contribution in [0.2, 0.25) is 0 Å². The number of aromatic hydroxyl groups is 1. The second kappa shape index (κ2) is 7.98. The van der Waals surface area contributed by atoms with E-state index in [4.69, 9.17) is 4.74 Å². The molecule has 5 heteroatoms. The van der Waals surface area contributed by atoms with Gasteiger partial charge >= 0.3 is 0 Å². The monoisotopic (exact) mass is 346 g/mol. The first kappa shape index (κ1) is 17.2. The summed E-state index contributed by atoms with van der Waals surface area (Å²) in [4.78, 5) is 12.3. The third-order valence-electron chi connectivity index (χ3n) is 3.74. The Balaban J connectivity index is 1.67. The van der Waals surface area contributed by atoms with Crippen LogP contribution in [0.1, 0.15) is 15.9 Å². The molecule has 3 rings (SSSR count). The van der Waals surface area contributed by atoms with Crippen molar-refractivity contribution in [3.8, 4) is 11.5 Å². The molecule has 0 aromatic heterocycles. The lowest BCUT2D eigenvalue weighted by molar-refractivity contribution is 0.0952. The van der Waals surface area contributed by atoms with Gasteiger partial charge in [0, 0.05) is 0 Å². The number of carbonyl (C=O) groups excluding carboxylic acids is 1. The average Bonchev–Trinajstić information content (AvgIpc) is 2.66. The van der Waals surface area contributed by atoms with Crippen molar-refractivity contribution < 1.29 is 14.6 Å². The Morgan fingerprint density at radius 1 is 1.12 bits per heavy atom. The van der Waals surface area contributed by atoms with Gasteiger partial charge in [-0.2, -0.15) is 5.10 Å². The van der Waals surface area contributed by atoms with Crippen LogP contribution in [0.15, 0.2) is 78.4 Å². The van der Waals surface area contributed by atoms with Gasteiger partial charge in [-0.3, -0.25) is 4.79 Å². The zero-order chi connectivity index (χ0) is 18.4. The molecule has 5 nitrogen and oxygen atoms in total. The lowest BCUT2D eigenvalue weighted by Gasteiger charge is -2.06. The fourth-order valence-electron chi connectivity index (χ4n) is 2.44. The molecule has 0 atom stereocenters. The second-order valence-electron chi connectivity index (χ2n) is 5.58. The topological polar surface area (TPSA) is 70.9 Å². The highest BCUT2D eigenvalue weighted by atomic mass is 16.5. The van der Waals surface area contributed by atoms with Crippen LogP contribution in [0.25, 0.3) is 10.8 Å². The highest BCUT2D eigenvalue weighted by Gasteiger charge is 2.11. The van der Waals surface area contributed by atoms with Crippen LogP contribution in [0.4, 0.5) is 0 Å². The van der Waals surface area contributed by atoms with E-state index in [9.17, 15) is 9.90 Å². The molecule has 3 aromatic rings. The van der Waals surface area contributed by atoms with E-state index < -0.39 is 5.91 Å². The molecular weight excluding hydrogens is 328 g/mol. The summed E-state index contributed by atoms with van der Waals surface area (Å²) in [5.74, 6) is 0.169. The van der Waals surface area contributed by atoms with Gasteiger partial charge in [-0.25, -0.2) is 5.43 Å². The molecule has 0 aliphatic heterocycles. The van der Waals surface area contributed by atoms with Crippen LogP contribution in [-0.4, -0.2) is 23.8 Å². The number of carbonyl (C=O) groups is 1. The summed E-state index contributed by atoms with van der Waals surface area (Å²) in [6.45, 7) is 4.04. The van der Waals surface area contributed by atoms with E-state index in [0.29, 0.717) is 6.61 Å². The SMILES string of the molecule is C=CCOc1ccc(/C=N/NC(=O)c2cc3ccccc3cc2O)cc1. The smallest absolute Gasteiger partial charge is 0.275 e. The lowest BCUT2D eigenvalue weighted by atomic mass is 10.1. The van der Waals surface area contributed by atoms with Gasteiger partial charge in [-0.05, 0) is 52.7 Å². The largest absolute Gasteiger partial charge is 0.507 e. The molecule has 0 saturated carbocycles. The van der Waals surface area contributed by atoms with Crippen LogP contribution in [0.3, 0.4) is 0 Å². The van der Waals surface area contributed by atoms with Gasteiger partial charge in [0.2, 0.25) is 0 Å². The summed E-state index contributed by atoms with van der Waals surface area (Å²) in [6.07, 6.45) is 3.19. The molecule has 1 amide bonds. The molecule has 130 valence electrons. The van der Waals surface area contributed by atoms with Gasteiger partial charge in [0.1, 0.15) is 18.1 Å². The van der Waals surface area contributed by atoms with Gasteiger partial charge in [0.25, 0.3) is 5.91 Å². The number of phenolic OH excluding ortho intramolecular Hbond substituents is 1. The molecule has 3 aromatic carbocycles. The summed E-state index contributed by atoms with van der Waals surface area (Å²) < 4.78 is 5.40. The van der Waals surface area contributed by atoms with Crippen molar-refractivity contribution in [1.82, 2.24) is 5.43 Å². The van der Waals surface area contributed by atoms with Gasteiger partial charge in [0.05, 0.1) is 11.8 Å². The van der Waals surface area contributed by atoms with E-state index in [1.165, 1.54) is 6.21 Å². The van der Waals surface area contributed by atoms with E-state index in [0.717, 1.165) is 22.1 Å². The summed E-state index contributed by atoms with van der Waals surface area (Å²) in [5.41, 5.74) is 3.41. The van der Waals surface area contributed by atoms with Crippen molar-refractivity contribution in [2.75, 3.05) is 6.61 Å². The second-order valence-corrected chi connectivity index (χ2v) is 5.58. The van der Waals surface area contributed by atoms with Crippen molar-refractivity contribution in [1.29, 1.82) is 0 Å². The Morgan fingerprint density at radius 3 is 2.50 bits per heavy atom. The molecule has 2 N–H and O–H groups in total. The van der Waals surface area contributed by atoms with Crippen LogP contribution in [0.5, 0.6) is 11.5 Å². The molecular formula is C21H18N2O3. The third-order valence-corrected chi connectivity index (χ3v) is 3.74. The molecule has 26 heavy (non-hydrogen) atoms. The lowest BCUT2D eigenvalue weighted by Crippen LogP contribution is -2.17. The minimum Gasteiger partial charge on any atom is -0.507 e. The summed E-state index contributed by atoms with van der Waals surface area (Å²) >= 11 is 0. The van der Waals surface area contributed by atoms with E-state index in [-0.39, 0.29) is 11.3 Å². The minimum atomic E-state index is -0.476. The first-order valence-electron chi connectivity index (χ1n) is 8.06. The zero-order valence-electron chi connectivity index (χ0n) is 14.1. The van der Waals surface area contributed by atoms with Gasteiger partial charge in [0.15, 0.2) is 0 Å². The number of fused-ring (bicyclic) bond motifs is 1. The Kier molecular flexibility index (Phi) is 5.29. The van der Waals surface area contributed by atoms with Gasteiger partial charge < -0.3 is 9.84 Å². The molecule has 0 heterocycles. The fraction of sp³-hybridized carbons (Fsp3) is 0.0476. The molecule has 0 unspecified atom stereocenters. The highest BCUT2D eigenvalue weighted by molar-refractivity contribution is 6.01. The average molecular weight is 346 g/mol. The van der Waals surface area contributed by atoms with E-state index in [2.05, 4.69) is 17.1 Å².